The minimum Gasteiger partial charge on any atom is -0.339 e. The van der Waals surface area contributed by atoms with Crippen molar-refractivity contribution in [1.82, 2.24) is 9.97 Å². The molecule has 0 aliphatic heterocycles. The highest BCUT2D eigenvalue weighted by Crippen LogP contribution is 2.21. The van der Waals surface area contributed by atoms with Crippen molar-refractivity contribution in [1.29, 1.82) is 5.26 Å². The summed E-state index contributed by atoms with van der Waals surface area (Å²) in [6.07, 6.45) is 2.98. The summed E-state index contributed by atoms with van der Waals surface area (Å²) in [7, 11) is 0. The number of nitriles is 1. The molecule has 0 unspecified atom stereocenters. The molecular formula is C12H9BrN4. The van der Waals surface area contributed by atoms with Crippen molar-refractivity contribution in [2.45, 2.75) is 6.92 Å². The van der Waals surface area contributed by atoms with Crippen molar-refractivity contribution in [2.24, 2.45) is 0 Å². The first-order valence-electron chi connectivity index (χ1n) is 4.94. The zero-order valence-corrected chi connectivity index (χ0v) is 10.7. The number of halogens is 1. The molecule has 0 atom stereocenters. The van der Waals surface area contributed by atoms with Gasteiger partial charge < -0.3 is 5.32 Å². The molecule has 0 spiro atoms. The Morgan fingerprint density at radius 1 is 1.29 bits per heavy atom. The highest BCUT2D eigenvalue weighted by Gasteiger charge is 2.00. The van der Waals surface area contributed by atoms with Crippen LogP contribution in [0.2, 0.25) is 0 Å². The summed E-state index contributed by atoms with van der Waals surface area (Å²) >= 11 is 3.44. The van der Waals surface area contributed by atoms with Gasteiger partial charge in [-0.2, -0.15) is 5.26 Å². The van der Waals surface area contributed by atoms with Crippen molar-refractivity contribution >= 4 is 27.4 Å². The van der Waals surface area contributed by atoms with Crippen LogP contribution in [0.1, 0.15) is 11.3 Å². The van der Waals surface area contributed by atoms with Gasteiger partial charge in [-0.3, -0.25) is 0 Å². The Labute approximate surface area is 107 Å². The number of hydrogen-bond donors (Lipinski definition) is 1. The van der Waals surface area contributed by atoms with Crippen molar-refractivity contribution in [3.05, 3.63) is 46.3 Å². The maximum atomic E-state index is 8.61. The van der Waals surface area contributed by atoms with Gasteiger partial charge in [-0.05, 0) is 30.7 Å². The number of aromatic nitrogens is 2. The fourth-order valence-electron chi connectivity index (χ4n) is 1.32. The van der Waals surface area contributed by atoms with Crippen molar-refractivity contribution in [2.75, 3.05) is 5.32 Å². The van der Waals surface area contributed by atoms with E-state index in [1.165, 1.54) is 12.4 Å². The maximum absolute atomic E-state index is 8.61. The fourth-order valence-corrected chi connectivity index (χ4v) is 1.57. The van der Waals surface area contributed by atoms with Crippen LogP contribution in [-0.2, 0) is 0 Å². The van der Waals surface area contributed by atoms with Crippen molar-refractivity contribution in [3.8, 4) is 6.07 Å². The summed E-state index contributed by atoms with van der Waals surface area (Å²) in [5.41, 5.74) is 2.38. The van der Waals surface area contributed by atoms with Crippen LogP contribution in [0.5, 0.6) is 0 Å². The van der Waals surface area contributed by atoms with Crippen molar-refractivity contribution < 1.29 is 0 Å². The van der Waals surface area contributed by atoms with E-state index in [0.29, 0.717) is 11.5 Å². The molecule has 1 aromatic carbocycles. The van der Waals surface area contributed by atoms with Crippen molar-refractivity contribution in [3.63, 3.8) is 0 Å². The van der Waals surface area contributed by atoms with Gasteiger partial charge in [0, 0.05) is 10.2 Å². The second kappa shape index (κ2) is 4.93. The number of benzene rings is 1. The van der Waals surface area contributed by atoms with Gasteiger partial charge in [-0.25, -0.2) is 9.97 Å². The van der Waals surface area contributed by atoms with E-state index in [1.54, 1.807) is 0 Å². The van der Waals surface area contributed by atoms with Crippen LogP contribution in [0.3, 0.4) is 0 Å². The second-order valence-electron chi connectivity index (χ2n) is 3.49. The van der Waals surface area contributed by atoms with Gasteiger partial charge in [0.15, 0.2) is 5.69 Å². The van der Waals surface area contributed by atoms with Gasteiger partial charge >= 0.3 is 0 Å². The molecule has 2 aromatic rings. The molecule has 2 rings (SSSR count). The molecule has 1 N–H and O–H groups in total. The molecular weight excluding hydrogens is 280 g/mol. The van der Waals surface area contributed by atoms with Gasteiger partial charge in [0.2, 0.25) is 0 Å². The zero-order chi connectivity index (χ0) is 12.3. The summed E-state index contributed by atoms with van der Waals surface area (Å²) in [4.78, 5) is 8.03. The number of aryl methyl sites for hydroxylation is 1. The van der Waals surface area contributed by atoms with E-state index in [4.69, 9.17) is 5.26 Å². The monoisotopic (exact) mass is 288 g/mol. The highest BCUT2D eigenvalue weighted by molar-refractivity contribution is 9.10. The minimum absolute atomic E-state index is 0.308. The number of nitrogens with zero attached hydrogens (tertiary/aromatic N) is 3. The first kappa shape index (κ1) is 11.6. The van der Waals surface area contributed by atoms with Gasteiger partial charge in [0.1, 0.15) is 11.9 Å². The molecule has 0 aliphatic carbocycles. The summed E-state index contributed by atoms with van der Waals surface area (Å²) in [6.45, 7) is 2.01. The molecule has 0 fully saturated rings. The largest absolute Gasteiger partial charge is 0.339 e. The predicted molar refractivity (Wildman–Crippen MR) is 68.9 cm³/mol. The Kier molecular flexibility index (Phi) is 3.35. The highest BCUT2D eigenvalue weighted by atomic mass is 79.9. The summed E-state index contributed by atoms with van der Waals surface area (Å²) < 4.78 is 1.06. The number of anilines is 2. The topological polar surface area (TPSA) is 61.6 Å². The lowest BCUT2D eigenvalue weighted by atomic mass is 10.2. The smallest absolute Gasteiger partial charge is 0.158 e. The molecule has 0 amide bonds. The van der Waals surface area contributed by atoms with Crippen LogP contribution in [-0.4, -0.2) is 9.97 Å². The minimum atomic E-state index is 0.308. The van der Waals surface area contributed by atoms with E-state index in [1.807, 2.05) is 31.2 Å². The molecule has 0 saturated heterocycles. The van der Waals surface area contributed by atoms with E-state index in [2.05, 4.69) is 31.2 Å². The zero-order valence-electron chi connectivity index (χ0n) is 9.11. The summed E-state index contributed by atoms with van der Waals surface area (Å²) in [5.74, 6) is 0.616. The molecule has 0 radical (unpaired) electrons. The molecule has 0 bridgehead atoms. The van der Waals surface area contributed by atoms with Crippen LogP contribution in [0.4, 0.5) is 11.5 Å². The molecule has 0 aliphatic rings. The van der Waals surface area contributed by atoms with E-state index < -0.39 is 0 Å². The van der Waals surface area contributed by atoms with E-state index in [0.717, 1.165) is 15.7 Å². The maximum Gasteiger partial charge on any atom is 0.158 e. The molecule has 84 valence electrons. The average molecular weight is 289 g/mol. The lowest BCUT2D eigenvalue weighted by molar-refractivity contribution is 1.16. The molecule has 0 saturated carbocycles. The Hall–Kier alpha value is -1.93. The quantitative estimate of drug-likeness (QED) is 0.922. The third-order valence-electron chi connectivity index (χ3n) is 2.20. The molecule has 4 nitrogen and oxygen atoms in total. The fraction of sp³-hybridized carbons (Fsp3) is 0.0833. The lowest BCUT2D eigenvalue weighted by Gasteiger charge is -2.06. The first-order chi connectivity index (χ1) is 8.19. The van der Waals surface area contributed by atoms with E-state index >= 15 is 0 Å². The standard InChI is InChI=1S/C12H9BrN4/c1-8-4-9(2-3-11(8)13)17-12-7-15-10(5-14)6-16-12/h2-4,6-7H,1H3,(H,16,17). The molecule has 5 heteroatoms. The average Bonchev–Trinajstić information content (AvgIpc) is 2.35. The Balaban J connectivity index is 2.20. The molecule has 1 heterocycles. The van der Waals surface area contributed by atoms with Crippen LogP contribution in [0, 0.1) is 18.3 Å². The summed E-state index contributed by atoms with van der Waals surface area (Å²) in [6, 6.07) is 7.84. The van der Waals surface area contributed by atoms with Gasteiger partial charge in [-0.15, -0.1) is 0 Å². The Morgan fingerprint density at radius 2 is 2.12 bits per heavy atom. The number of nitrogens with one attached hydrogen (secondary N) is 1. The molecule has 1 aromatic heterocycles. The van der Waals surface area contributed by atoms with Gasteiger partial charge in [-0.1, -0.05) is 15.9 Å². The Bertz CT molecular complexity index is 572. The lowest BCUT2D eigenvalue weighted by Crippen LogP contribution is -1.95. The normalized spacial score (nSPS) is 9.71. The molecule has 17 heavy (non-hydrogen) atoms. The number of rotatable bonds is 2. The van der Waals surface area contributed by atoms with Crippen LogP contribution >= 0.6 is 15.9 Å². The van der Waals surface area contributed by atoms with Crippen LogP contribution < -0.4 is 5.32 Å². The van der Waals surface area contributed by atoms with E-state index in [-0.39, 0.29) is 0 Å². The van der Waals surface area contributed by atoms with Gasteiger partial charge in [0.05, 0.1) is 12.4 Å². The number of hydrogen-bond acceptors (Lipinski definition) is 4. The SMILES string of the molecule is Cc1cc(Nc2cnc(C#N)cn2)ccc1Br. The Morgan fingerprint density at radius 3 is 2.71 bits per heavy atom. The van der Waals surface area contributed by atoms with Gasteiger partial charge in [0.25, 0.3) is 0 Å². The third-order valence-corrected chi connectivity index (χ3v) is 3.09. The van der Waals surface area contributed by atoms with Crippen LogP contribution in [0.25, 0.3) is 0 Å². The summed E-state index contributed by atoms with van der Waals surface area (Å²) in [5, 5.41) is 11.7. The van der Waals surface area contributed by atoms with Crippen LogP contribution in [0.15, 0.2) is 35.1 Å². The van der Waals surface area contributed by atoms with E-state index in [9.17, 15) is 0 Å². The predicted octanol–water partition coefficient (Wildman–Crippen LogP) is 3.16. The first-order valence-corrected chi connectivity index (χ1v) is 5.73. The second-order valence-corrected chi connectivity index (χ2v) is 4.34. The third kappa shape index (κ3) is 2.80.